The Balaban J connectivity index is 2.33. The van der Waals surface area contributed by atoms with Crippen molar-refractivity contribution in [2.24, 2.45) is 0 Å². The molecule has 4 nitrogen and oxygen atoms in total. The lowest BCUT2D eigenvalue weighted by Crippen LogP contribution is -2.13. The van der Waals surface area contributed by atoms with E-state index in [1.54, 1.807) is 12.1 Å². The number of hydrogen-bond donors (Lipinski definition) is 2. The van der Waals surface area contributed by atoms with Crippen LogP contribution in [0.1, 0.15) is 0 Å². The van der Waals surface area contributed by atoms with Gasteiger partial charge in [0.15, 0.2) is 0 Å². The Bertz CT molecular complexity index is 717. The number of halogens is 2. The number of nitrogens with one attached hydrogen (secondary N) is 1. The molecule has 0 radical (unpaired) electrons. The number of nitrogen functional groups attached to an aromatic ring is 1. The Kier molecular flexibility index (Phi) is 3.89. The molecule has 7 heteroatoms. The number of sulfonamides is 1. The second-order valence-corrected chi connectivity index (χ2v) is 6.33. The first-order chi connectivity index (χ1) is 8.88. The number of nitrogens with two attached hydrogens (primary N) is 1. The summed E-state index contributed by atoms with van der Waals surface area (Å²) in [5.74, 6) is 0. The third kappa shape index (κ3) is 3.32. The predicted octanol–water partition coefficient (Wildman–Crippen LogP) is 3.38. The van der Waals surface area contributed by atoms with E-state index in [0.717, 1.165) is 0 Å². The second kappa shape index (κ2) is 5.28. The molecular weight excluding hydrogens is 307 g/mol. The highest BCUT2D eigenvalue weighted by molar-refractivity contribution is 7.92. The van der Waals surface area contributed by atoms with Crippen LogP contribution in [0.2, 0.25) is 10.0 Å². The Morgan fingerprint density at radius 3 is 2.42 bits per heavy atom. The molecule has 0 aliphatic rings. The van der Waals surface area contributed by atoms with Gasteiger partial charge in [0.05, 0.1) is 21.3 Å². The Hall–Kier alpha value is -1.43. The van der Waals surface area contributed by atoms with Crippen LogP contribution in [0.4, 0.5) is 11.4 Å². The van der Waals surface area contributed by atoms with Gasteiger partial charge in [0.25, 0.3) is 10.0 Å². The summed E-state index contributed by atoms with van der Waals surface area (Å²) in [6.07, 6.45) is 0. The van der Waals surface area contributed by atoms with E-state index >= 15 is 0 Å². The first-order valence-corrected chi connectivity index (χ1v) is 7.46. The van der Waals surface area contributed by atoms with E-state index in [-0.39, 0.29) is 4.90 Å². The van der Waals surface area contributed by atoms with Gasteiger partial charge in [-0.2, -0.15) is 0 Å². The van der Waals surface area contributed by atoms with E-state index in [0.29, 0.717) is 21.4 Å². The van der Waals surface area contributed by atoms with E-state index in [2.05, 4.69) is 4.72 Å². The minimum absolute atomic E-state index is 0.0773. The lowest BCUT2D eigenvalue weighted by atomic mass is 10.3. The molecule has 2 rings (SSSR count). The van der Waals surface area contributed by atoms with Gasteiger partial charge in [-0.15, -0.1) is 0 Å². The summed E-state index contributed by atoms with van der Waals surface area (Å²) in [7, 11) is -3.70. The molecular formula is C12H10Cl2N2O2S. The molecule has 0 heterocycles. The molecule has 2 aromatic rings. The standard InChI is InChI=1S/C12H10Cl2N2O2S/c13-8-2-1-3-10(6-8)19(17,18)16-9-4-5-11(14)12(15)7-9/h1-7,16H,15H2. The van der Waals surface area contributed by atoms with Crippen molar-refractivity contribution in [3.63, 3.8) is 0 Å². The highest BCUT2D eigenvalue weighted by Gasteiger charge is 2.14. The van der Waals surface area contributed by atoms with Crippen molar-refractivity contribution in [3.8, 4) is 0 Å². The van der Waals surface area contributed by atoms with Crippen molar-refractivity contribution in [1.29, 1.82) is 0 Å². The summed E-state index contributed by atoms with van der Waals surface area (Å²) < 4.78 is 26.6. The number of hydrogen-bond acceptors (Lipinski definition) is 3. The first kappa shape index (κ1) is 14.0. The molecule has 19 heavy (non-hydrogen) atoms. The zero-order chi connectivity index (χ0) is 14.0. The van der Waals surface area contributed by atoms with Crippen LogP contribution in [0.25, 0.3) is 0 Å². The molecule has 0 aromatic heterocycles. The average Bonchev–Trinajstić information content (AvgIpc) is 2.33. The molecule has 0 atom stereocenters. The summed E-state index contributed by atoms with van der Waals surface area (Å²) in [6.45, 7) is 0. The van der Waals surface area contributed by atoms with Crippen LogP contribution >= 0.6 is 23.2 Å². The predicted molar refractivity (Wildman–Crippen MR) is 78.1 cm³/mol. The summed E-state index contributed by atoms with van der Waals surface area (Å²) in [4.78, 5) is 0.0773. The topological polar surface area (TPSA) is 72.2 Å². The molecule has 0 saturated heterocycles. The van der Waals surface area contributed by atoms with Crippen LogP contribution < -0.4 is 10.5 Å². The highest BCUT2D eigenvalue weighted by atomic mass is 35.5. The molecule has 0 fully saturated rings. The van der Waals surface area contributed by atoms with Gasteiger partial charge in [0.2, 0.25) is 0 Å². The number of benzene rings is 2. The Morgan fingerprint density at radius 1 is 1.05 bits per heavy atom. The van der Waals surface area contributed by atoms with Crippen LogP contribution in [0, 0.1) is 0 Å². The van der Waals surface area contributed by atoms with E-state index in [4.69, 9.17) is 28.9 Å². The van der Waals surface area contributed by atoms with Gasteiger partial charge in [0.1, 0.15) is 0 Å². The van der Waals surface area contributed by atoms with E-state index in [9.17, 15) is 8.42 Å². The molecule has 0 amide bonds. The third-order valence-electron chi connectivity index (χ3n) is 2.35. The normalized spacial score (nSPS) is 11.3. The highest BCUT2D eigenvalue weighted by Crippen LogP contribution is 2.25. The molecule has 0 bridgehead atoms. The van der Waals surface area contributed by atoms with Gasteiger partial charge in [-0.05, 0) is 36.4 Å². The van der Waals surface area contributed by atoms with Gasteiger partial charge in [-0.25, -0.2) is 8.42 Å². The van der Waals surface area contributed by atoms with Crippen molar-refractivity contribution >= 4 is 44.6 Å². The molecule has 0 unspecified atom stereocenters. The largest absolute Gasteiger partial charge is 0.397 e. The number of anilines is 2. The zero-order valence-corrected chi connectivity index (χ0v) is 11.9. The fourth-order valence-corrected chi connectivity index (χ4v) is 2.92. The maximum Gasteiger partial charge on any atom is 0.261 e. The molecule has 0 spiro atoms. The first-order valence-electron chi connectivity index (χ1n) is 5.22. The minimum atomic E-state index is -3.70. The van der Waals surface area contributed by atoms with E-state index < -0.39 is 10.0 Å². The maximum absolute atomic E-state index is 12.1. The van der Waals surface area contributed by atoms with Gasteiger partial charge in [0, 0.05) is 5.02 Å². The van der Waals surface area contributed by atoms with Crippen molar-refractivity contribution in [2.45, 2.75) is 4.90 Å². The monoisotopic (exact) mass is 316 g/mol. The minimum Gasteiger partial charge on any atom is -0.397 e. The van der Waals surface area contributed by atoms with Crippen LogP contribution in [-0.2, 0) is 10.0 Å². The van der Waals surface area contributed by atoms with Gasteiger partial charge in [-0.1, -0.05) is 29.3 Å². The Labute approximate surface area is 121 Å². The van der Waals surface area contributed by atoms with Crippen LogP contribution in [-0.4, -0.2) is 8.42 Å². The van der Waals surface area contributed by atoms with Gasteiger partial charge < -0.3 is 5.73 Å². The molecule has 0 aliphatic heterocycles. The fraction of sp³-hybridized carbons (Fsp3) is 0. The molecule has 0 aliphatic carbocycles. The molecule has 3 N–H and O–H groups in total. The summed E-state index contributed by atoms with van der Waals surface area (Å²) in [6, 6.07) is 10.5. The Morgan fingerprint density at radius 2 is 1.79 bits per heavy atom. The van der Waals surface area contributed by atoms with Crippen molar-refractivity contribution in [1.82, 2.24) is 0 Å². The van der Waals surface area contributed by atoms with Crippen LogP contribution in [0.15, 0.2) is 47.4 Å². The van der Waals surface area contributed by atoms with Gasteiger partial charge in [-0.3, -0.25) is 4.72 Å². The summed E-state index contributed by atoms with van der Waals surface area (Å²) >= 11 is 11.5. The van der Waals surface area contributed by atoms with Crippen molar-refractivity contribution < 1.29 is 8.42 Å². The average molecular weight is 317 g/mol. The van der Waals surface area contributed by atoms with E-state index in [1.165, 1.54) is 30.3 Å². The lowest BCUT2D eigenvalue weighted by molar-refractivity contribution is 0.601. The quantitative estimate of drug-likeness (QED) is 0.853. The second-order valence-electron chi connectivity index (χ2n) is 3.80. The maximum atomic E-state index is 12.1. The summed E-state index contributed by atoms with van der Waals surface area (Å²) in [5.41, 5.74) is 6.25. The zero-order valence-electron chi connectivity index (χ0n) is 9.60. The lowest BCUT2D eigenvalue weighted by Gasteiger charge is -2.09. The van der Waals surface area contributed by atoms with E-state index in [1.807, 2.05) is 0 Å². The van der Waals surface area contributed by atoms with Crippen molar-refractivity contribution in [3.05, 3.63) is 52.5 Å². The number of rotatable bonds is 3. The fourth-order valence-electron chi connectivity index (χ4n) is 1.46. The molecule has 2 aromatic carbocycles. The van der Waals surface area contributed by atoms with Crippen LogP contribution in [0.3, 0.4) is 0 Å². The SMILES string of the molecule is Nc1cc(NS(=O)(=O)c2cccc(Cl)c2)ccc1Cl. The van der Waals surface area contributed by atoms with Crippen LogP contribution in [0.5, 0.6) is 0 Å². The molecule has 0 saturated carbocycles. The smallest absolute Gasteiger partial charge is 0.261 e. The third-order valence-corrected chi connectivity index (χ3v) is 4.31. The molecule has 100 valence electrons. The van der Waals surface area contributed by atoms with Gasteiger partial charge >= 0.3 is 0 Å². The summed E-state index contributed by atoms with van der Waals surface area (Å²) in [5, 5.41) is 0.712. The van der Waals surface area contributed by atoms with Crippen molar-refractivity contribution in [2.75, 3.05) is 10.5 Å².